The minimum Gasteiger partial charge on any atom is -0.508 e. The number of carbonyl (C=O) groups is 1. The predicted molar refractivity (Wildman–Crippen MR) is 72.4 cm³/mol. The highest BCUT2D eigenvalue weighted by atomic mass is 79.9. The van der Waals surface area contributed by atoms with E-state index in [1.54, 1.807) is 6.07 Å². The van der Waals surface area contributed by atoms with Crippen LogP contribution in [0.25, 0.3) is 10.8 Å². The molecule has 88 valence electrons. The van der Waals surface area contributed by atoms with Crippen molar-refractivity contribution < 1.29 is 9.90 Å². The van der Waals surface area contributed by atoms with Crippen LogP contribution in [0.5, 0.6) is 5.75 Å². The summed E-state index contributed by atoms with van der Waals surface area (Å²) < 4.78 is 1.00. The number of carbonyl (C=O) groups excluding carboxylic acids is 1. The second-order valence-electron chi connectivity index (χ2n) is 4.21. The number of halogens is 1. The molecule has 1 N–H and O–H groups in total. The third kappa shape index (κ3) is 2.50. The maximum atomic E-state index is 10.5. The van der Waals surface area contributed by atoms with Gasteiger partial charge in [-0.15, -0.1) is 0 Å². The maximum Gasteiger partial charge on any atom is 0.120 e. The molecule has 0 heterocycles. The van der Waals surface area contributed by atoms with Crippen molar-refractivity contribution in [1.29, 1.82) is 0 Å². The minimum absolute atomic E-state index is 0.0379. The number of benzene rings is 2. The van der Waals surface area contributed by atoms with Crippen molar-refractivity contribution in [3.05, 3.63) is 40.4 Å². The topological polar surface area (TPSA) is 37.3 Å². The summed E-state index contributed by atoms with van der Waals surface area (Å²) in [5.41, 5.74) is 0.822. The fourth-order valence-electron chi connectivity index (χ4n) is 1.94. The van der Waals surface area contributed by atoms with E-state index < -0.39 is 0 Å². The fraction of sp³-hybridized carbons (Fsp3) is 0.214. The predicted octanol–water partition coefficient (Wildman–Crippen LogP) is 4.00. The van der Waals surface area contributed by atoms with Crippen molar-refractivity contribution in [3.63, 3.8) is 0 Å². The molecule has 0 bridgehead atoms. The third-order valence-corrected chi connectivity index (χ3v) is 3.42. The summed E-state index contributed by atoms with van der Waals surface area (Å²) in [6, 6.07) is 9.59. The molecule has 0 radical (unpaired) electrons. The second-order valence-corrected chi connectivity index (χ2v) is 5.12. The first kappa shape index (κ1) is 12.1. The summed E-state index contributed by atoms with van der Waals surface area (Å²) in [5.74, 6) is 0.296. The quantitative estimate of drug-likeness (QED) is 0.868. The summed E-state index contributed by atoms with van der Waals surface area (Å²) in [7, 11) is 0. The van der Waals surface area contributed by atoms with E-state index in [2.05, 4.69) is 15.9 Å². The first-order valence-electron chi connectivity index (χ1n) is 5.47. The Morgan fingerprint density at radius 3 is 2.76 bits per heavy atom. The normalized spacial score (nSPS) is 12.6. The van der Waals surface area contributed by atoms with E-state index in [1.165, 1.54) is 0 Å². The third-order valence-electron chi connectivity index (χ3n) is 2.93. The van der Waals surface area contributed by atoms with Crippen molar-refractivity contribution in [2.24, 2.45) is 0 Å². The molecule has 17 heavy (non-hydrogen) atoms. The summed E-state index contributed by atoms with van der Waals surface area (Å²) in [6.07, 6.45) is 1.31. The fourth-order valence-corrected chi connectivity index (χ4v) is 2.32. The van der Waals surface area contributed by atoms with Gasteiger partial charge in [0.2, 0.25) is 0 Å². The van der Waals surface area contributed by atoms with E-state index in [0.29, 0.717) is 6.42 Å². The molecule has 2 aromatic rings. The Bertz CT molecular complexity index is 563. The molecule has 0 fully saturated rings. The van der Waals surface area contributed by atoms with Crippen molar-refractivity contribution >= 4 is 33.0 Å². The van der Waals surface area contributed by atoms with Gasteiger partial charge < -0.3 is 9.90 Å². The molecule has 3 heteroatoms. The number of rotatable bonds is 3. The highest BCUT2D eigenvalue weighted by molar-refractivity contribution is 9.10. The van der Waals surface area contributed by atoms with Crippen LogP contribution in [0.15, 0.2) is 34.8 Å². The molecule has 0 amide bonds. The zero-order valence-electron chi connectivity index (χ0n) is 9.48. The van der Waals surface area contributed by atoms with Gasteiger partial charge in [-0.3, -0.25) is 0 Å². The summed E-state index contributed by atoms with van der Waals surface area (Å²) in [6.45, 7) is 1.94. The van der Waals surface area contributed by atoms with Gasteiger partial charge in [-0.2, -0.15) is 0 Å². The summed E-state index contributed by atoms with van der Waals surface area (Å²) in [4.78, 5) is 10.5. The Hall–Kier alpha value is -1.35. The van der Waals surface area contributed by atoms with Gasteiger partial charge in [-0.1, -0.05) is 28.9 Å². The number of phenols is 1. The molecule has 0 saturated heterocycles. The van der Waals surface area contributed by atoms with Gasteiger partial charge in [-0.05, 0) is 46.5 Å². The Morgan fingerprint density at radius 1 is 1.29 bits per heavy atom. The van der Waals surface area contributed by atoms with Crippen LogP contribution in [0.1, 0.15) is 24.8 Å². The summed E-state index contributed by atoms with van der Waals surface area (Å²) in [5, 5.41) is 12.0. The number of aldehydes is 1. The van der Waals surface area contributed by atoms with Crippen LogP contribution >= 0.6 is 15.9 Å². The van der Waals surface area contributed by atoms with E-state index in [1.807, 2.05) is 31.2 Å². The molecular weight excluding hydrogens is 280 g/mol. The van der Waals surface area contributed by atoms with Gasteiger partial charge in [0.15, 0.2) is 0 Å². The number of hydrogen-bond donors (Lipinski definition) is 1. The lowest BCUT2D eigenvalue weighted by atomic mass is 9.94. The molecule has 0 saturated carbocycles. The van der Waals surface area contributed by atoms with Crippen molar-refractivity contribution in [2.75, 3.05) is 0 Å². The van der Waals surface area contributed by atoms with Gasteiger partial charge in [0.1, 0.15) is 12.0 Å². The van der Waals surface area contributed by atoms with Gasteiger partial charge in [-0.25, -0.2) is 0 Å². The molecule has 1 atom stereocenters. The van der Waals surface area contributed by atoms with Crippen LogP contribution in [-0.2, 0) is 4.79 Å². The minimum atomic E-state index is 0.0379. The van der Waals surface area contributed by atoms with Crippen molar-refractivity contribution in [2.45, 2.75) is 19.3 Å². The number of fused-ring (bicyclic) bond motifs is 1. The average Bonchev–Trinajstić information content (AvgIpc) is 2.29. The Balaban J connectivity index is 2.56. The van der Waals surface area contributed by atoms with Crippen molar-refractivity contribution in [1.82, 2.24) is 0 Å². The second kappa shape index (κ2) is 4.88. The van der Waals surface area contributed by atoms with Crippen LogP contribution in [0, 0.1) is 0 Å². The van der Waals surface area contributed by atoms with Crippen LogP contribution in [0.2, 0.25) is 0 Å². The van der Waals surface area contributed by atoms with E-state index >= 15 is 0 Å². The average molecular weight is 293 g/mol. The molecule has 0 aliphatic heterocycles. The Kier molecular flexibility index (Phi) is 3.48. The Labute approximate surface area is 108 Å². The first-order valence-corrected chi connectivity index (χ1v) is 6.27. The number of phenolic OH excluding ortho intramolecular Hbond substituents is 1. The molecule has 2 aromatic carbocycles. The number of aromatic hydroxyl groups is 1. The molecule has 0 aliphatic carbocycles. The van der Waals surface area contributed by atoms with Gasteiger partial charge in [0, 0.05) is 10.9 Å². The molecular formula is C14H13BrO2. The molecule has 0 aromatic heterocycles. The van der Waals surface area contributed by atoms with Crippen LogP contribution < -0.4 is 0 Å². The van der Waals surface area contributed by atoms with E-state index in [9.17, 15) is 9.90 Å². The highest BCUT2D eigenvalue weighted by Gasteiger charge is 2.11. The maximum absolute atomic E-state index is 10.5. The zero-order chi connectivity index (χ0) is 12.4. The lowest BCUT2D eigenvalue weighted by Crippen LogP contribution is -1.95. The highest BCUT2D eigenvalue weighted by Crippen LogP contribution is 2.32. The first-order chi connectivity index (χ1) is 8.11. The van der Waals surface area contributed by atoms with Gasteiger partial charge in [0.05, 0.1) is 0 Å². The molecule has 0 aliphatic rings. The number of hydrogen-bond acceptors (Lipinski definition) is 2. The van der Waals surface area contributed by atoms with E-state index in [4.69, 9.17) is 0 Å². The molecule has 2 rings (SSSR count). The largest absolute Gasteiger partial charge is 0.508 e. The standard InChI is InChI=1S/C14H13BrO2/c1-9(4-5-16)13-7-11-6-12(15)3-2-10(11)8-14(13)17/h2-3,5-9,17H,4H2,1H3. The monoisotopic (exact) mass is 292 g/mol. The lowest BCUT2D eigenvalue weighted by molar-refractivity contribution is -0.108. The van der Waals surface area contributed by atoms with E-state index in [-0.39, 0.29) is 11.7 Å². The van der Waals surface area contributed by atoms with E-state index in [0.717, 1.165) is 27.1 Å². The zero-order valence-corrected chi connectivity index (χ0v) is 11.1. The van der Waals surface area contributed by atoms with Gasteiger partial charge >= 0.3 is 0 Å². The summed E-state index contributed by atoms with van der Waals surface area (Å²) >= 11 is 3.42. The molecule has 1 unspecified atom stereocenters. The van der Waals surface area contributed by atoms with Crippen molar-refractivity contribution in [3.8, 4) is 5.75 Å². The van der Waals surface area contributed by atoms with Crippen LogP contribution in [0.4, 0.5) is 0 Å². The molecule has 0 spiro atoms. The molecule has 2 nitrogen and oxygen atoms in total. The lowest BCUT2D eigenvalue weighted by Gasteiger charge is -2.12. The smallest absolute Gasteiger partial charge is 0.120 e. The van der Waals surface area contributed by atoms with Crippen LogP contribution in [0.3, 0.4) is 0 Å². The SMILES string of the molecule is CC(CC=O)c1cc2cc(Br)ccc2cc1O. The Morgan fingerprint density at radius 2 is 2.06 bits per heavy atom. The van der Waals surface area contributed by atoms with Gasteiger partial charge in [0.25, 0.3) is 0 Å². The van der Waals surface area contributed by atoms with Crippen LogP contribution in [-0.4, -0.2) is 11.4 Å².